The largest absolute Gasteiger partial charge is 0.476 e. The zero-order chi connectivity index (χ0) is 9.68. The van der Waals surface area contributed by atoms with Crippen LogP contribution >= 0.6 is 0 Å². The van der Waals surface area contributed by atoms with E-state index in [0.29, 0.717) is 12.1 Å². The minimum Gasteiger partial charge on any atom is -0.476 e. The second kappa shape index (κ2) is 4.54. The summed E-state index contributed by atoms with van der Waals surface area (Å²) >= 11 is 0. The minimum atomic E-state index is -1.00. The number of nitrogens with zero attached hydrogens (tertiary/aromatic N) is 2. The molecule has 1 aromatic heterocycles. The number of unbranched alkanes of at least 4 members (excludes halogenated alkanes) is 1. The molecule has 0 bridgehead atoms. The summed E-state index contributed by atoms with van der Waals surface area (Å²) in [6, 6.07) is 0. The molecule has 1 rings (SSSR count). The van der Waals surface area contributed by atoms with Crippen LogP contribution in [0.2, 0.25) is 0 Å². The molecule has 0 aliphatic carbocycles. The molecule has 0 amide bonds. The van der Waals surface area contributed by atoms with Gasteiger partial charge < -0.3 is 5.11 Å². The van der Waals surface area contributed by atoms with Gasteiger partial charge in [0.25, 0.3) is 0 Å². The summed E-state index contributed by atoms with van der Waals surface area (Å²) in [5.41, 5.74) is 0.660. The Labute approximate surface area is 76.7 Å². The first-order valence-corrected chi connectivity index (χ1v) is 4.29. The third-order valence-corrected chi connectivity index (χ3v) is 1.74. The van der Waals surface area contributed by atoms with E-state index in [0.717, 1.165) is 12.8 Å². The average Bonchev–Trinajstić information content (AvgIpc) is 2.15. The summed E-state index contributed by atoms with van der Waals surface area (Å²) in [5.74, 6) is -1.00. The number of hydrogen-bond acceptors (Lipinski definition) is 3. The second-order valence-corrected chi connectivity index (χ2v) is 2.76. The first kappa shape index (κ1) is 9.64. The zero-order valence-electron chi connectivity index (χ0n) is 7.53. The molecular formula is C9H12N2O2. The van der Waals surface area contributed by atoms with Gasteiger partial charge in [-0.2, -0.15) is 0 Å². The molecule has 4 nitrogen and oxygen atoms in total. The van der Waals surface area contributed by atoms with Gasteiger partial charge in [-0.1, -0.05) is 13.3 Å². The summed E-state index contributed by atoms with van der Waals surface area (Å²) in [7, 11) is 0. The fourth-order valence-electron chi connectivity index (χ4n) is 1.07. The van der Waals surface area contributed by atoms with Gasteiger partial charge in [0.15, 0.2) is 5.69 Å². The van der Waals surface area contributed by atoms with Crippen molar-refractivity contribution in [2.45, 2.75) is 26.2 Å². The van der Waals surface area contributed by atoms with Gasteiger partial charge >= 0.3 is 5.97 Å². The number of aromatic carboxylic acids is 1. The van der Waals surface area contributed by atoms with Crippen molar-refractivity contribution in [2.75, 3.05) is 0 Å². The SMILES string of the molecule is CCCCc1nccnc1C(=O)O. The van der Waals surface area contributed by atoms with Gasteiger partial charge in [-0.15, -0.1) is 0 Å². The predicted molar refractivity (Wildman–Crippen MR) is 47.6 cm³/mol. The molecule has 0 spiro atoms. The molecule has 0 atom stereocenters. The van der Waals surface area contributed by atoms with Crippen molar-refractivity contribution >= 4 is 5.97 Å². The van der Waals surface area contributed by atoms with Crippen LogP contribution in [0.3, 0.4) is 0 Å². The van der Waals surface area contributed by atoms with E-state index in [-0.39, 0.29) is 5.69 Å². The van der Waals surface area contributed by atoms with Gasteiger partial charge in [0, 0.05) is 12.4 Å². The summed E-state index contributed by atoms with van der Waals surface area (Å²) in [4.78, 5) is 18.4. The van der Waals surface area contributed by atoms with Crippen molar-refractivity contribution in [3.05, 3.63) is 23.8 Å². The molecule has 4 heteroatoms. The van der Waals surface area contributed by atoms with Gasteiger partial charge in [0.1, 0.15) is 0 Å². The molecule has 0 saturated heterocycles. The minimum absolute atomic E-state index is 0.0796. The van der Waals surface area contributed by atoms with Crippen LogP contribution in [0.4, 0.5) is 0 Å². The Balaban J connectivity index is 2.84. The van der Waals surface area contributed by atoms with E-state index in [1.54, 1.807) is 0 Å². The molecule has 0 saturated carbocycles. The molecule has 1 heterocycles. The van der Waals surface area contributed by atoms with E-state index in [1.165, 1.54) is 12.4 Å². The topological polar surface area (TPSA) is 63.1 Å². The molecule has 0 aliphatic heterocycles. The molecular weight excluding hydrogens is 168 g/mol. The lowest BCUT2D eigenvalue weighted by Gasteiger charge is -2.01. The molecule has 0 radical (unpaired) electrons. The lowest BCUT2D eigenvalue weighted by Crippen LogP contribution is -2.07. The normalized spacial score (nSPS) is 9.92. The van der Waals surface area contributed by atoms with Crippen LogP contribution in [0, 0.1) is 0 Å². The maximum atomic E-state index is 10.7. The third-order valence-electron chi connectivity index (χ3n) is 1.74. The van der Waals surface area contributed by atoms with Gasteiger partial charge in [0.05, 0.1) is 5.69 Å². The van der Waals surface area contributed by atoms with Gasteiger partial charge in [-0.3, -0.25) is 4.98 Å². The van der Waals surface area contributed by atoms with Crippen LogP contribution in [0.15, 0.2) is 12.4 Å². The third kappa shape index (κ3) is 2.50. The van der Waals surface area contributed by atoms with E-state index in [9.17, 15) is 4.79 Å². The van der Waals surface area contributed by atoms with Gasteiger partial charge in [-0.25, -0.2) is 9.78 Å². The molecule has 70 valence electrons. The quantitative estimate of drug-likeness (QED) is 0.763. The van der Waals surface area contributed by atoms with E-state index < -0.39 is 5.97 Å². The second-order valence-electron chi connectivity index (χ2n) is 2.76. The number of aryl methyl sites for hydroxylation is 1. The summed E-state index contributed by atoms with van der Waals surface area (Å²) in [5, 5.41) is 8.76. The molecule has 1 aromatic rings. The number of carbonyl (C=O) groups is 1. The molecule has 0 aromatic carbocycles. The van der Waals surface area contributed by atoms with E-state index in [1.807, 2.05) is 0 Å². The van der Waals surface area contributed by atoms with Gasteiger partial charge in [-0.05, 0) is 12.8 Å². The van der Waals surface area contributed by atoms with Crippen LogP contribution in [-0.2, 0) is 6.42 Å². The Morgan fingerprint density at radius 1 is 1.46 bits per heavy atom. The van der Waals surface area contributed by atoms with Crippen molar-refractivity contribution < 1.29 is 9.90 Å². The highest BCUT2D eigenvalue weighted by Crippen LogP contribution is 2.05. The Hall–Kier alpha value is -1.45. The lowest BCUT2D eigenvalue weighted by molar-refractivity contribution is 0.0688. The number of carboxylic acid groups (broad SMARTS) is 1. The van der Waals surface area contributed by atoms with Crippen molar-refractivity contribution in [1.29, 1.82) is 0 Å². The standard InChI is InChI=1S/C9H12N2O2/c1-2-3-4-7-8(9(12)13)11-6-5-10-7/h5-6H,2-4H2,1H3,(H,12,13). The van der Waals surface area contributed by atoms with Crippen LogP contribution < -0.4 is 0 Å². The van der Waals surface area contributed by atoms with Crippen LogP contribution in [0.25, 0.3) is 0 Å². The highest BCUT2D eigenvalue weighted by molar-refractivity contribution is 5.86. The Kier molecular flexibility index (Phi) is 3.37. The van der Waals surface area contributed by atoms with E-state index >= 15 is 0 Å². The van der Waals surface area contributed by atoms with Gasteiger partial charge in [0.2, 0.25) is 0 Å². The maximum absolute atomic E-state index is 10.7. The number of aromatic nitrogens is 2. The monoisotopic (exact) mass is 180 g/mol. The fourth-order valence-corrected chi connectivity index (χ4v) is 1.07. The Morgan fingerprint density at radius 2 is 2.15 bits per heavy atom. The molecule has 0 aliphatic rings. The average molecular weight is 180 g/mol. The first-order valence-electron chi connectivity index (χ1n) is 4.29. The fraction of sp³-hybridized carbons (Fsp3) is 0.444. The number of rotatable bonds is 4. The highest BCUT2D eigenvalue weighted by atomic mass is 16.4. The maximum Gasteiger partial charge on any atom is 0.356 e. The van der Waals surface area contributed by atoms with E-state index in [4.69, 9.17) is 5.11 Å². The number of hydrogen-bond donors (Lipinski definition) is 1. The lowest BCUT2D eigenvalue weighted by atomic mass is 10.1. The molecule has 1 N–H and O–H groups in total. The number of carboxylic acids is 1. The van der Waals surface area contributed by atoms with Crippen LogP contribution in [0.1, 0.15) is 35.9 Å². The zero-order valence-corrected chi connectivity index (χ0v) is 7.53. The van der Waals surface area contributed by atoms with E-state index in [2.05, 4.69) is 16.9 Å². The Morgan fingerprint density at radius 3 is 2.77 bits per heavy atom. The molecule has 0 fully saturated rings. The van der Waals surface area contributed by atoms with Crippen LogP contribution in [0.5, 0.6) is 0 Å². The van der Waals surface area contributed by atoms with Crippen molar-refractivity contribution in [1.82, 2.24) is 9.97 Å². The smallest absolute Gasteiger partial charge is 0.356 e. The van der Waals surface area contributed by atoms with Crippen molar-refractivity contribution in [3.8, 4) is 0 Å². The highest BCUT2D eigenvalue weighted by Gasteiger charge is 2.10. The first-order chi connectivity index (χ1) is 6.25. The van der Waals surface area contributed by atoms with Crippen molar-refractivity contribution in [3.63, 3.8) is 0 Å². The summed E-state index contributed by atoms with van der Waals surface area (Å²) in [6.45, 7) is 2.05. The summed E-state index contributed by atoms with van der Waals surface area (Å²) < 4.78 is 0. The Bertz CT molecular complexity index is 299. The predicted octanol–water partition coefficient (Wildman–Crippen LogP) is 1.52. The van der Waals surface area contributed by atoms with Crippen molar-refractivity contribution in [2.24, 2.45) is 0 Å². The molecule has 0 unspecified atom stereocenters. The molecule has 13 heavy (non-hydrogen) atoms. The summed E-state index contributed by atoms with van der Waals surface area (Å²) in [6.07, 6.45) is 5.58. The van der Waals surface area contributed by atoms with Crippen LogP contribution in [-0.4, -0.2) is 21.0 Å².